The van der Waals surface area contributed by atoms with E-state index in [1.54, 1.807) is 12.1 Å². The smallest absolute Gasteiger partial charge is 0.308 e. The normalized spacial score (nSPS) is 17.3. The number of piperazine rings is 1. The molecule has 6 heteroatoms. The first-order chi connectivity index (χ1) is 11.5. The van der Waals surface area contributed by atoms with Gasteiger partial charge in [-0.15, -0.1) is 0 Å². The van der Waals surface area contributed by atoms with Crippen molar-refractivity contribution in [1.82, 2.24) is 10.2 Å². The maximum absolute atomic E-state index is 12.8. The molecule has 1 N–H and O–H groups in total. The lowest BCUT2D eigenvalue weighted by Crippen LogP contribution is -2.58. The molecule has 0 spiro atoms. The summed E-state index contributed by atoms with van der Waals surface area (Å²) in [6.07, 6.45) is 1.59. The van der Waals surface area contributed by atoms with Crippen LogP contribution < -0.4 is 5.32 Å². The highest BCUT2D eigenvalue weighted by Crippen LogP contribution is 2.17. The Balaban J connectivity index is 2.11. The van der Waals surface area contributed by atoms with Crippen molar-refractivity contribution < 1.29 is 19.1 Å². The maximum atomic E-state index is 12.8. The molecular weight excluding hydrogens is 308 g/mol. The SMILES string of the molecule is CCCCOC(=O)C[C@@H]1C(=O)NCCN1C(=O)c1ccccc1C. The van der Waals surface area contributed by atoms with Crippen molar-refractivity contribution in [2.45, 2.75) is 39.2 Å². The van der Waals surface area contributed by atoms with Crippen molar-refractivity contribution in [2.24, 2.45) is 0 Å². The van der Waals surface area contributed by atoms with Gasteiger partial charge in [-0.25, -0.2) is 0 Å². The van der Waals surface area contributed by atoms with Gasteiger partial charge in [-0.1, -0.05) is 31.5 Å². The van der Waals surface area contributed by atoms with Gasteiger partial charge >= 0.3 is 5.97 Å². The number of esters is 1. The van der Waals surface area contributed by atoms with Gasteiger partial charge in [0.25, 0.3) is 5.91 Å². The molecule has 0 aliphatic carbocycles. The third kappa shape index (κ3) is 4.34. The lowest BCUT2D eigenvalue weighted by Gasteiger charge is -2.34. The van der Waals surface area contributed by atoms with Gasteiger partial charge < -0.3 is 15.0 Å². The van der Waals surface area contributed by atoms with Gasteiger partial charge in [0, 0.05) is 18.7 Å². The fourth-order valence-corrected chi connectivity index (χ4v) is 2.68. The predicted octanol–water partition coefficient (Wildman–Crippen LogP) is 1.67. The number of nitrogens with one attached hydrogen (secondary N) is 1. The number of nitrogens with zero attached hydrogens (tertiary/aromatic N) is 1. The molecule has 24 heavy (non-hydrogen) atoms. The van der Waals surface area contributed by atoms with Crippen LogP contribution in [0.25, 0.3) is 0 Å². The van der Waals surface area contributed by atoms with E-state index in [0.717, 1.165) is 18.4 Å². The fraction of sp³-hybridized carbons (Fsp3) is 0.500. The molecule has 1 heterocycles. The minimum absolute atomic E-state index is 0.118. The number of unbranched alkanes of at least 4 members (excludes halogenated alkanes) is 1. The third-order valence-corrected chi connectivity index (χ3v) is 4.09. The molecule has 0 bridgehead atoms. The number of carbonyl (C=O) groups is 3. The van der Waals surface area contributed by atoms with E-state index in [1.807, 2.05) is 26.0 Å². The van der Waals surface area contributed by atoms with Crippen LogP contribution in [0.3, 0.4) is 0 Å². The summed E-state index contributed by atoms with van der Waals surface area (Å²) in [6, 6.07) is 6.42. The Labute approximate surface area is 142 Å². The van der Waals surface area contributed by atoms with Gasteiger partial charge in [0.05, 0.1) is 13.0 Å². The number of ether oxygens (including phenoxy) is 1. The van der Waals surface area contributed by atoms with E-state index < -0.39 is 12.0 Å². The van der Waals surface area contributed by atoms with Crippen LogP contribution in [0.15, 0.2) is 24.3 Å². The number of hydrogen-bond donors (Lipinski definition) is 1. The van der Waals surface area contributed by atoms with Crippen LogP contribution in [-0.2, 0) is 14.3 Å². The van der Waals surface area contributed by atoms with E-state index in [2.05, 4.69) is 5.32 Å². The third-order valence-electron chi connectivity index (χ3n) is 4.09. The zero-order valence-corrected chi connectivity index (χ0v) is 14.2. The summed E-state index contributed by atoms with van der Waals surface area (Å²) < 4.78 is 5.13. The molecule has 0 aromatic heterocycles. The second-order valence-electron chi connectivity index (χ2n) is 5.90. The lowest BCUT2D eigenvalue weighted by atomic mass is 10.0. The minimum atomic E-state index is -0.819. The van der Waals surface area contributed by atoms with Crippen molar-refractivity contribution in [1.29, 1.82) is 0 Å². The van der Waals surface area contributed by atoms with Crippen molar-refractivity contribution in [2.75, 3.05) is 19.7 Å². The summed E-state index contributed by atoms with van der Waals surface area (Å²) in [7, 11) is 0. The molecule has 1 saturated heterocycles. The Hall–Kier alpha value is -2.37. The van der Waals surface area contributed by atoms with Gasteiger partial charge in [-0.2, -0.15) is 0 Å². The monoisotopic (exact) mass is 332 g/mol. The summed E-state index contributed by atoms with van der Waals surface area (Å²) in [5.41, 5.74) is 1.40. The van der Waals surface area contributed by atoms with E-state index in [4.69, 9.17) is 4.74 Å². The second kappa shape index (κ2) is 8.47. The van der Waals surface area contributed by atoms with E-state index in [1.165, 1.54) is 4.90 Å². The second-order valence-corrected chi connectivity index (χ2v) is 5.90. The van der Waals surface area contributed by atoms with Crippen molar-refractivity contribution in [3.63, 3.8) is 0 Å². The number of hydrogen-bond acceptors (Lipinski definition) is 4. The average molecular weight is 332 g/mol. The number of amides is 2. The van der Waals surface area contributed by atoms with Gasteiger partial charge in [0.15, 0.2) is 0 Å². The molecule has 1 aliphatic heterocycles. The fourth-order valence-electron chi connectivity index (χ4n) is 2.68. The topological polar surface area (TPSA) is 75.7 Å². The Kier molecular flexibility index (Phi) is 6.35. The van der Waals surface area contributed by atoms with Gasteiger partial charge in [0.1, 0.15) is 6.04 Å². The Bertz CT molecular complexity index is 615. The molecule has 1 atom stereocenters. The summed E-state index contributed by atoms with van der Waals surface area (Å²) in [6.45, 7) is 4.97. The summed E-state index contributed by atoms with van der Waals surface area (Å²) >= 11 is 0. The molecule has 1 aromatic rings. The van der Waals surface area contributed by atoms with Crippen molar-refractivity contribution in [3.8, 4) is 0 Å². The molecule has 2 rings (SSSR count). The Morgan fingerprint density at radius 3 is 2.79 bits per heavy atom. The van der Waals surface area contributed by atoms with Crippen LogP contribution in [-0.4, -0.2) is 48.4 Å². The molecule has 0 unspecified atom stereocenters. The van der Waals surface area contributed by atoms with Gasteiger partial charge in [0.2, 0.25) is 5.91 Å². The molecule has 1 fully saturated rings. The quantitative estimate of drug-likeness (QED) is 0.635. The first-order valence-corrected chi connectivity index (χ1v) is 8.34. The first kappa shape index (κ1) is 18.0. The highest BCUT2D eigenvalue weighted by molar-refractivity contribution is 6.00. The van der Waals surface area contributed by atoms with Crippen LogP contribution in [0.1, 0.15) is 42.1 Å². The van der Waals surface area contributed by atoms with Crippen LogP contribution in [0.4, 0.5) is 0 Å². The minimum Gasteiger partial charge on any atom is -0.466 e. The maximum Gasteiger partial charge on any atom is 0.308 e. The summed E-state index contributed by atoms with van der Waals surface area (Å²) in [5.74, 6) is -0.988. The van der Waals surface area contributed by atoms with Crippen LogP contribution in [0.5, 0.6) is 0 Å². The van der Waals surface area contributed by atoms with Crippen LogP contribution in [0.2, 0.25) is 0 Å². The highest BCUT2D eigenvalue weighted by Gasteiger charge is 2.35. The molecular formula is C18H24N2O4. The average Bonchev–Trinajstić information content (AvgIpc) is 2.57. The standard InChI is InChI=1S/C18H24N2O4/c1-3-4-11-24-16(21)12-15-17(22)19-9-10-20(15)18(23)14-8-6-5-7-13(14)2/h5-8,15H,3-4,9-12H2,1-2H3,(H,19,22)/t15-/m1/s1. The summed E-state index contributed by atoms with van der Waals surface area (Å²) in [5, 5.41) is 2.72. The van der Waals surface area contributed by atoms with E-state index in [-0.39, 0.29) is 18.2 Å². The highest BCUT2D eigenvalue weighted by atomic mass is 16.5. The molecule has 0 saturated carbocycles. The molecule has 130 valence electrons. The van der Waals surface area contributed by atoms with Crippen molar-refractivity contribution >= 4 is 17.8 Å². The Morgan fingerprint density at radius 2 is 2.08 bits per heavy atom. The lowest BCUT2D eigenvalue weighted by molar-refractivity contribution is -0.147. The van der Waals surface area contributed by atoms with Gasteiger partial charge in [-0.3, -0.25) is 14.4 Å². The number of rotatable bonds is 6. The predicted molar refractivity (Wildman–Crippen MR) is 89.5 cm³/mol. The molecule has 6 nitrogen and oxygen atoms in total. The number of carbonyl (C=O) groups excluding carboxylic acids is 3. The number of benzene rings is 1. The zero-order chi connectivity index (χ0) is 17.5. The molecule has 2 amide bonds. The molecule has 1 aromatic carbocycles. The summed E-state index contributed by atoms with van der Waals surface area (Å²) in [4.78, 5) is 38.4. The largest absolute Gasteiger partial charge is 0.466 e. The van der Waals surface area contributed by atoms with E-state index in [9.17, 15) is 14.4 Å². The van der Waals surface area contributed by atoms with E-state index in [0.29, 0.717) is 25.3 Å². The number of aryl methyl sites for hydroxylation is 1. The van der Waals surface area contributed by atoms with Crippen LogP contribution in [0, 0.1) is 6.92 Å². The van der Waals surface area contributed by atoms with Gasteiger partial charge in [-0.05, 0) is 25.0 Å². The zero-order valence-electron chi connectivity index (χ0n) is 14.2. The Morgan fingerprint density at radius 1 is 1.33 bits per heavy atom. The first-order valence-electron chi connectivity index (χ1n) is 8.34. The van der Waals surface area contributed by atoms with Crippen molar-refractivity contribution in [3.05, 3.63) is 35.4 Å². The molecule has 1 aliphatic rings. The van der Waals surface area contributed by atoms with Crippen LogP contribution >= 0.6 is 0 Å². The molecule has 0 radical (unpaired) electrons. The van der Waals surface area contributed by atoms with E-state index >= 15 is 0 Å².